The molecule has 0 spiro atoms. The van der Waals surface area contributed by atoms with E-state index in [9.17, 15) is 4.39 Å². The first kappa shape index (κ1) is 18.6. The number of hydrogen-bond donors (Lipinski definition) is 1. The summed E-state index contributed by atoms with van der Waals surface area (Å²) < 4.78 is 14.7. The maximum atomic E-state index is 13.9. The molecule has 0 bridgehead atoms. The van der Waals surface area contributed by atoms with Crippen LogP contribution in [-0.2, 0) is 6.42 Å². The number of likely N-dealkylation sites (N-methyl/N-ethyl adjacent to an activating group) is 1. The number of unbranched alkanes of at least 4 members (excludes halogenated alkanes) is 6. The first-order chi connectivity index (χ1) is 10.2. The van der Waals surface area contributed by atoms with E-state index in [-0.39, 0.29) is 5.82 Å². The zero-order chi connectivity index (χ0) is 15.5. The molecule has 0 aliphatic rings. The number of hydrogen-bond acceptors (Lipinski definition) is 1. The second-order valence-corrected chi connectivity index (χ2v) is 6.75. The lowest BCUT2D eigenvalue weighted by Crippen LogP contribution is -2.27. The lowest BCUT2D eigenvalue weighted by atomic mass is 9.99. The third kappa shape index (κ3) is 7.96. The van der Waals surface area contributed by atoms with E-state index >= 15 is 0 Å². The number of rotatable bonds is 11. The van der Waals surface area contributed by atoms with Crippen LogP contribution < -0.4 is 5.32 Å². The van der Waals surface area contributed by atoms with Gasteiger partial charge in [0.15, 0.2) is 0 Å². The average molecular weight is 358 g/mol. The Bertz CT molecular complexity index is 395. The zero-order valence-corrected chi connectivity index (χ0v) is 15.0. The third-order valence-corrected chi connectivity index (χ3v) is 4.54. The molecule has 0 amide bonds. The van der Waals surface area contributed by atoms with Gasteiger partial charge in [-0.15, -0.1) is 0 Å². The molecular weight excluding hydrogens is 329 g/mol. The second kappa shape index (κ2) is 11.2. The van der Waals surface area contributed by atoms with Crippen molar-refractivity contribution in [2.24, 2.45) is 0 Å². The van der Waals surface area contributed by atoms with Crippen molar-refractivity contribution in [3.8, 4) is 0 Å². The monoisotopic (exact) mass is 357 g/mol. The Morgan fingerprint density at radius 2 is 1.76 bits per heavy atom. The van der Waals surface area contributed by atoms with Gasteiger partial charge in [0, 0.05) is 10.5 Å². The van der Waals surface area contributed by atoms with Crippen LogP contribution in [0.2, 0.25) is 0 Å². The standard InChI is InChI=1S/C18H29BrFN/c1-3-4-5-6-7-8-9-10-17(21-2)13-15-11-12-16(19)14-18(15)20/h11-12,14,17,21H,3-10,13H2,1-2H3. The minimum atomic E-state index is -0.107. The molecule has 0 aliphatic heterocycles. The number of benzene rings is 1. The van der Waals surface area contributed by atoms with Crippen LogP contribution in [0.4, 0.5) is 4.39 Å². The summed E-state index contributed by atoms with van der Waals surface area (Å²) >= 11 is 3.30. The Morgan fingerprint density at radius 3 is 2.38 bits per heavy atom. The van der Waals surface area contributed by atoms with Crippen LogP contribution in [0.25, 0.3) is 0 Å². The molecule has 21 heavy (non-hydrogen) atoms. The summed E-state index contributed by atoms with van der Waals surface area (Å²) in [6.07, 6.45) is 11.2. The fraction of sp³-hybridized carbons (Fsp3) is 0.667. The second-order valence-electron chi connectivity index (χ2n) is 5.84. The van der Waals surface area contributed by atoms with E-state index in [1.165, 1.54) is 44.9 Å². The molecule has 1 aromatic carbocycles. The summed E-state index contributed by atoms with van der Waals surface area (Å²) in [7, 11) is 1.97. The summed E-state index contributed by atoms with van der Waals surface area (Å²) in [5.74, 6) is -0.107. The normalized spacial score (nSPS) is 12.6. The average Bonchev–Trinajstić information content (AvgIpc) is 2.47. The lowest BCUT2D eigenvalue weighted by Gasteiger charge is -2.16. The number of nitrogens with one attached hydrogen (secondary N) is 1. The van der Waals surface area contributed by atoms with Crippen LogP contribution in [0.15, 0.2) is 22.7 Å². The van der Waals surface area contributed by atoms with Gasteiger partial charge >= 0.3 is 0 Å². The summed E-state index contributed by atoms with van der Waals surface area (Å²) in [6.45, 7) is 2.25. The van der Waals surface area contributed by atoms with E-state index in [0.717, 1.165) is 22.9 Å². The molecule has 1 rings (SSSR count). The van der Waals surface area contributed by atoms with E-state index in [4.69, 9.17) is 0 Å². The van der Waals surface area contributed by atoms with Gasteiger partial charge < -0.3 is 5.32 Å². The van der Waals surface area contributed by atoms with Crippen LogP contribution in [-0.4, -0.2) is 13.1 Å². The van der Waals surface area contributed by atoms with Crippen LogP contribution in [0, 0.1) is 5.82 Å². The molecular formula is C18H29BrFN. The molecule has 0 saturated carbocycles. The summed E-state index contributed by atoms with van der Waals surface area (Å²) in [5, 5.41) is 3.33. The van der Waals surface area contributed by atoms with Gasteiger partial charge in [0.05, 0.1) is 0 Å². The smallest absolute Gasteiger partial charge is 0.127 e. The lowest BCUT2D eigenvalue weighted by molar-refractivity contribution is 0.470. The topological polar surface area (TPSA) is 12.0 Å². The van der Waals surface area contributed by atoms with Crippen LogP contribution in [0.3, 0.4) is 0 Å². The van der Waals surface area contributed by atoms with Gasteiger partial charge in [-0.3, -0.25) is 0 Å². The molecule has 0 radical (unpaired) electrons. The third-order valence-electron chi connectivity index (χ3n) is 4.05. The van der Waals surface area contributed by atoms with Crippen LogP contribution >= 0.6 is 15.9 Å². The SMILES string of the molecule is CCCCCCCCCC(Cc1ccc(Br)cc1F)NC. The first-order valence-electron chi connectivity index (χ1n) is 8.28. The predicted molar refractivity (Wildman–Crippen MR) is 93.3 cm³/mol. The highest BCUT2D eigenvalue weighted by atomic mass is 79.9. The molecule has 1 aromatic rings. The minimum absolute atomic E-state index is 0.107. The maximum absolute atomic E-state index is 13.9. The van der Waals surface area contributed by atoms with Gasteiger partial charge in [-0.05, 0) is 37.6 Å². The molecule has 1 unspecified atom stereocenters. The summed E-state index contributed by atoms with van der Waals surface area (Å²) in [4.78, 5) is 0. The highest BCUT2D eigenvalue weighted by Gasteiger charge is 2.10. The van der Waals surface area contributed by atoms with Gasteiger partial charge in [0.2, 0.25) is 0 Å². The van der Waals surface area contributed by atoms with Crippen molar-refractivity contribution in [3.63, 3.8) is 0 Å². The minimum Gasteiger partial charge on any atom is -0.317 e. The fourth-order valence-corrected chi connectivity index (χ4v) is 2.98. The molecule has 1 N–H and O–H groups in total. The van der Waals surface area contributed by atoms with E-state index in [0.29, 0.717) is 6.04 Å². The zero-order valence-electron chi connectivity index (χ0n) is 13.4. The van der Waals surface area contributed by atoms with Crippen molar-refractivity contribution in [2.75, 3.05) is 7.05 Å². The van der Waals surface area contributed by atoms with Crippen molar-refractivity contribution < 1.29 is 4.39 Å². The Kier molecular flexibility index (Phi) is 9.94. The molecule has 3 heteroatoms. The van der Waals surface area contributed by atoms with Gasteiger partial charge in [0.1, 0.15) is 5.82 Å². The van der Waals surface area contributed by atoms with Gasteiger partial charge in [-0.1, -0.05) is 73.9 Å². The van der Waals surface area contributed by atoms with E-state index < -0.39 is 0 Å². The van der Waals surface area contributed by atoms with E-state index in [1.807, 2.05) is 19.2 Å². The molecule has 0 aromatic heterocycles. The molecule has 0 saturated heterocycles. The molecule has 1 atom stereocenters. The van der Waals surface area contributed by atoms with Crippen molar-refractivity contribution in [1.82, 2.24) is 5.32 Å². The van der Waals surface area contributed by atoms with E-state index in [1.54, 1.807) is 6.07 Å². The summed E-state index contributed by atoms with van der Waals surface area (Å²) in [5.41, 5.74) is 0.806. The Balaban J connectivity index is 2.25. The molecule has 1 nitrogen and oxygen atoms in total. The van der Waals surface area contributed by atoms with Crippen LogP contribution in [0.1, 0.15) is 63.9 Å². The Hall–Kier alpha value is -0.410. The summed E-state index contributed by atoms with van der Waals surface area (Å²) in [6, 6.07) is 5.72. The molecule has 0 fully saturated rings. The molecule has 0 aliphatic carbocycles. The van der Waals surface area contributed by atoms with Gasteiger partial charge in [-0.25, -0.2) is 4.39 Å². The fourth-order valence-electron chi connectivity index (χ4n) is 2.65. The van der Waals surface area contributed by atoms with Crippen molar-refractivity contribution in [3.05, 3.63) is 34.1 Å². The van der Waals surface area contributed by atoms with Crippen LogP contribution in [0.5, 0.6) is 0 Å². The van der Waals surface area contributed by atoms with Crippen molar-refractivity contribution in [1.29, 1.82) is 0 Å². The van der Waals surface area contributed by atoms with E-state index in [2.05, 4.69) is 28.2 Å². The maximum Gasteiger partial charge on any atom is 0.127 e. The highest BCUT2D eigenvalue weighted by molar-refractivity contribution is 9.10. The number of halogens is 2. The van der Waals surface area contributed by atoms with Crippen molar-refractivity contribution >= 4 is 15.9 Å². The molecule has 0 heterocycles. The molecule has 120 valence electrons. The van der Waals surface area contributed by atoms with Gasteiger partial charge in [-0.2, -0.15) is 0 Å². The Labute approximate surface area is 137 Å². The first-order valence-corrected chi connectivity index (χ1v) is 9.07. The Morgan fingerprint density at radius 1 is 1.10 bits per heavy atom. The quantitative estimate of drug-likeness (QED) is 0.489. The van der Waals surface area contributed by atoms with Crippen molar-refractivity contribution in [2.45, 2.75) is 70.8 Å². The van der Waals surface area contributed by atoms with Gasteiger partial charge in [0.25, 0.3) is 0 Å². The largest absolute Gasteiger partial charge is 0.317 e. The predicted octanol–water partition coefficient (Wildman–Crippen LogP) is 5.86. The highest BCUT2D eigenvalue weighted by Crippen LogP contribution is 2.18.